The minimum Gasteiger partial charge on any atom is -0.512 e. The topological polar surface area (TPSA) is 415 Å². The van der Waals surface area contributed by atoms with Crippen molar-refractivity contribution in [1.82, 2.24) is 10.2 Å². The van der Waals surface area contributed by atoms with Crippen LogP contribution in [0.4, 0.5) is 0 Å². The van der Waals surface area contributed by atoms with Gasteiger partial charge in [0.15, 0.2) is 11.6 Å². The second-order valence-corrected chi connectivity index (χ2v) is 26.7. The molecule has 1 aliphatic heterocycles. The van der Waals surface area contributed by atoms with Gasteiger partial charge in [0.1, 0.15) is 49.8 Å². The number of benzene rings is 4. The van der Waals surface area contributed by atoms with Crippen LogP contribution in [0.2, 0.25) is 0 Å². The van der Waals surface area contributed by atoms with Gasteiger partial charge in [-0.05, 0) is 78.6 Å². The number of nitrogens with two attached hydrogens (primary N) is 2. The first-order valence-corrected chi connectivity index (χ1v) is 37.1. The molecular weight excluding hydrogens is 1390 g/mol. The number of fused-ring (bicyclic) bond motifs is 5. The third-order valence-electron chi connectivity index (χ3n) is 16.8. The van der Waals surface area contributed by atoms with Crippen LogP contribution >= 0.6 is 0 Å². The van der Waals surface area contributed by atoms with Crippen LogP contribution in [0, 0.1) is 69.5 Å². The van der Waals surface area contributed by atoms with Crippen LogP contribution in [-0.4, -0.2) is 133 Å². The van der Waals surface area contributed by atoms with Gasteiger partial charge < -0.3 is 61.9 Å². The summed E-state index contributed by atoms with van der Waals surface area (Å²) in [6, 6.07) is 32.8. The largest absolute Gasteiger partial charge is 1.00 e. The van der Waals surface area contributed by atoms with Crippen LogP contribution in [0.1, 0.15) is 177 Å². The Morgan fingerprint density at radius 2 is 1.10 bits per heavy atom. The molecule has 26 nitrogen and oxygen atoms in total. The molecule has 0 aliphatic carbocycles. The molecule has 2 amide bonds. The third-order valence-corrected chi connectivity index (χ3v) is 17.4. The van der Waals surface area contributed by atoms with Crippen molar-refractivity contribution in [3.63, 3.8) is 0 Å². The van der Waals surface area contributed by atoms with E-state index in [1.165, 1.54) is 58.3 Å². The molecule has 5 rings (SSSR count). The minimum absolute atomic E-state index is 0. The van der Waals surface area contributed by atoms with Gasteiger partial charge >= 0.3 is 53.4 Å². The number of hydrogen-bond donors (Lipinski definition) is 3. The molecule has 6 atom stereocenters. The molecule has 0 unspecified atom stereocenters. The Morgan fingerprint density at radius 1 is 0.623 bits per heavy atom. The van der Waals surface area contributed by atoms with Crippen LogP contribution in [0.5, 0.6) is 11.5 Å². The molecule has 106 heavy (non-hydrogen) atoms. The summed E-state index contributed by atoms with van der Waals surface area (Å²) in [6.45, 7) is 9.44. The van der Waals surface area contributed by atoms with E-state index in [0.717, 1.165) is 43.1 Å². The molecule has 4 bridgehead atoms. The van der Waals surface area contributed by atoms with Gasteiger partial charge in [0.05, 0.1) is 76.0 Å². The monoisotopic (exact) mass is 1490 g/mol. The van der Waals surface area contributed by atoms with Gasteiger partial charge in [0.2, 0.25) is 11.8 Å². The Kier molecular flexibility index (Phi) is 49.8. The zero-order valence-corrected chi connectivity index (χ0v) is 65.2. The maximum atomic E-state index is 14.6. The van der Waals surface area contributed by atoms with Gasteiger partial charge in [-0.2, -0.15) is 24.2 Å². The number of carbonyl (C=O) groups excluding carboxylic acids is 9. The molecule has 5 N–H and O–H groups in total. The molecule has 0 saturated carbocycles. The summed E-state index contributed by atoms with van der Waals surface area (Å²) in [5, 5.41) is 36.3. The van der Waals surface area contributed by atoms with Gasteiger partial charge in [0.25, 0.3) is 10.1 Å². The number of likely N-dealkylation sites (N-methyl/N-ethyl adjacent to an activating group) is 1. The average molecular weight is 1500 g/mol. The van der Waals surface area contributed by atoms with Crippen molar-refractivity contribution in [2.75, 3.05) is 60.4 Å². The summed E-state index contributed by atoms with van der Waals surface area (Å²) < 4.78 is 58.0. The Bertz CT molecular complexity index is 3640. The number of nitrogens with zero attached hydrogens (tertiary/aromatic N) is 5. The van der Waals surface area contributed by atoms with E-state index in [9.17, 15) is 62.1 Å². The number of ketones is 3. The van der Waals surface area contributed by atoms with E-state index in [2.05, 4.69) is 32.0 Å². The van der Waals surface area contributed by atoms with E-state index in [1.54, 1.807) is 37.3 Å². The molecule has 4 aromatic carbocycles. The van der Waals surface area contributed by atoms with E-state index in [4.69, 9.17) is 47.5 Å². The maximum Gasteiger partial charge on any atom is 1.00 e. The first kappa shape index (κ1) is 95.1. The number of nitrogens with one attached hydrogen (secondary N) is 1. The van der Waals surface area contributed by atoms with Crippen molar-refractivity contribution in [3.8, 4) is 40.8 Å². The van der Waals surface area contributed by atoms with Gasteiger partial charge in [-0.3, -0.25) is 47.3 Å². The first-order chi connectivity index (χ1) is 50.5. The number of rotatable bonds is 41. The predicted molar refractivity (Wildman–Crippen MR) is 389 cm³/mol. The molecule has 1 aliphatic rings. The van der Waals surface area contributed by atoms with Crippen molar-refractivity contribution in [1.29, 1.82) is 21.0 Å². The summed E-state index contributed by atoms with van der Waals surface area (Å²) >= 11 is 0. The molecule has 0 aromatic heterocycles. The van der Waals surface area contributed by atoms with E-state index in [1.807, 2.05) is 78.9 Å². The van der Waals surface area contributed by atoms with Crippen molar-refractivity contribution < 1.29 is 114 Å². The summed E-state index contributed by atoms with van der Waals surface area (Å²) in [4.78, 5) is 117. The number of nitriles is 3. The molecule has 0 spiro atoms. The number of amides is 2. The van der Waals surface area contributed by atoms with Crippen LogP contribution in [0.3, 0.4) is 0 Å². The Morgan fingerprint density at radius 3 is 1.59 bits per heavy atom. The van der Waals surface area contributed by atoms with Crippen molar-refractivity contribution in [2.24, 2.45) is 35.1 Å². The SMILES string of the molecule is CCCCCCCCCCCC(=O)C[C@H](CCC#N)C(=O)N(C)[C@@H]1C(=O)C[C@@H](C)C(=O)N[C@H](C(=O)CCC#N)Cc2ccc(OCCN)c(c2)-c2cc1ccc2OCCN.COC(=O)[C@H](CCC#N)CC(=O)OCc1ccccc1.COC(=O)[C@H](CCOS(C)(=O)=O)CC(=O)OCc1ccccc1.[C-]#N.[Na+]. The third kappa shape index (κ3) is 37.9. The summed E-state index contributed by atoms with van der Waals surface area (Å²) in [7, 11) is 0.378. The maximum absolute atomic E-state index is 14.6. The van der Waals surface area contributed by atoms with Crippen molar-refractivity contribution in [2.45, 2.75) is 180 Å². The standard InChI is InChI=1S/C47H66N6O7.C15H17NO4.C15H20O7S.CN.Na/c1-4-5-6-7-8-9-10-11-12-16-37(54)31-36(15-13-22-48)47(58)53(3)45-35-19-21-44(60-27-25-51)39(32-35)38-29-34(18-20-43(38)59-26-24-50)30-40(41(55)17-14-23-49)52-46(57)33(2)28-42(45)56;1-19-15(18)13(8-5-9-16)10-14(17)20-11-12-6-3-2-4-7-12;1-20-15(17)13(8-9-22-23(2,18)19)10-14(16)21-11-12-6-4-3-5-7-12;1-2;/h18-21,29,32-33,36,40,45H,4-17,24-28,30-31,50-51H2,1-3H3,(H,52,57);2-4,6-7,13H,5,8,10-11H2,1H3;3-7,13H,8-11H2,1-2H3;;/q;;;-1;+1/t33-,36+,40+,45+;2*13-;;/m111../s1. The summed E-state index contributed by atoms with van der Waals surface area (Å²) in [6.07, 6.45) is 11.4. The summed E-state index contributed by atoms with van der Waals surface area (Å²) in [5.74, 6) is -6.21. The van der Waals surface area contributed by atoms with Gasteiger partial charge in [0, 0.05) is 88.0 Å². The number of carbonyl (C=O) groups is 9. The number of Topliss-reactive ketones (excluding diaryl/α,β-unsaturated/α-hetero) is 3. The van der Waals surface area contributed by atoms with E-state index in [0.29, 0.717) is 46.6 Å². The van der Waals surface area contributed by atoms with Crippen LogP contribution in [0.25, 0.3) is 11.1 Å². The van der Waals surface area contributed by atoms with E-state index >= 15 is 0 Å². The Hall–Kier alpha value is -8.90. The molecule has 0 saturated heterocycles. The normalized spacial score (nSPS) is 14.5. The zero-order valence-electron chi connectivity index (χ0n) is 62.4. The van der Waals surface area contributed by atoms with Gasteiger partial charge in [-0.25, -0.2) is 0 Å². The zero-order chi connectivity index (χ0) is 78.0. The van der Waals surface area contributed by atoms with Gasteiger partial charge in [-0.15, -0.1) is 0 Å². The molecule has 4 aromatic rings. The fourth-order valence-corrected chi connectivity index (χ4v) is 11.6. The average Bonchev–Trinajstić information content (AvgIpc) is 0.779. The fourth-order valence-electron chi connectivity index (χ4n) is 11.2. The molecule has 570 valence electrons. The number of hydrogen-bond acceptors (Lipinski definition) is 24. The quantitative estimate of drug-likeness (QED) is 0.00970. The molecule has 28 heteroatoms. The van der Waals surface area contributed by atoms with Crippen molar-refractivity contribution >= 4 is 63.2 Å². The van der Waals surface area contributed by atoms with E-state index in [-0.39, 0.29) is 158 Å². The minimum atomic E-state index is -3.60. The molecule has 0 fully saturated rings. The molecule has 0 radical (unpaired) electrons. The molecular formula is C78H103N8NaO18S. The second-order valence-electron chi connectivity index (χ2n) is 25.0. The fraction of sp³-hybridized carbons (Fsp3) is 0.526. The van der Waals surface area contributed by atoms with Gasteiger partial charge in [-0.1, -0.05) is 138 Å². The Balaban J connectivity index is 0.000000990. The Labute approximate surface area is 646 Å². The van der Waals surface area contributed by atoms with Crippen LogP contribution in [-0.2, 0) is 96.0 Å². The number of esters is 4. The molecule has 1 heterocycles. The van der Waals surface area contributed by atoms with E-state index < -0.39 is 87.3 Å². The van der Waals surface area contributed by atoms with Crippen LogP contribution in [0.15, 0.2) is 97.1 Å². The smallest absolute Gasteiger partial charge is 0.512 e. The first-order valence-electron chi connectivity index (χ1n) is 35.3. The number of methoxy groups -OCH3 is 2. The van der Waals surface area contributed by atoms with Crippen LogP contribution < -0.4 is 55.8 Å². The number of ether oxygens (including phenoxy) is 6. The predicted octanol–water partition coefficient (Wildman–Crippen LogP) is 7.43. The van der Waals surface area contributed by atoms with Crippen molar-refractivity contribution in [3.05, 3.63) is 126 Å². The number of unbranched alkanes of at least 4 members (excludes halogenated alkanes) is 8. The summed E-state index contributed by atoms with van der Waals surface area (Å²) in [5.41, 5.74) is 15.6. The second kappa shape index (κ2) is 55.5.